The van der Waals surface area contributed by atoms with E-state index in [1.807, 2.05) is 37.7 Å². The van der Waals surface area contributed by atoms with E-state index in [9.17, 15) is 4.79 Å². The van der Waals surface area contributed by atoms with Gasteiger partial charge in [-0.25, -0.2) is 0 Å². The molecule has 1 amide bonds. The van der Waals surface area contributed by atoms with Crippen molar-refractivity contribution in [2.45, 2.75) is 31.2 Å². The fraction of sp³-hybridized carbons (Fsp3) is 0.312. The minimum absolute atomic E-state index is 0.0542. The molecule has 1 aliphatic heterocycles. The molecule has 4 heteroatoms. The van der Waals surface area contributed by atoms with Crippen LogP contribution in [0.4, 0.5) is 0 Å². The average Bonchev–Trinajstić information content (AvgIpc) is 2.78. The van der Waals surface area contributed by atoms with Gasteiger partial charge in [0.2, 0.25) is 0 Å². The van der Waals surface area contributed by atoms with Crippen LogP contribution in [-0.2, 0) is 0 Å². The lowest BCUT2D eigenvalue weighted by Crippen LogP contribution is -2.30. The number of hydrogen-bond donors (Lipinski definition) is 1. The van der Waals surface area contributed by atoms with E-state index in [1.165, 1.54) is 15.3 Å². The molecular formula is C16H17NOS2. The third-order valence-electron chi connectivity index (χ3n) is 3.55. The summed E-state index contributed by atoms with van der Waals surface area (Å²) in [6, 6.07) is 10.5. The van der Waals surface area contributed by atoms with Crippen LogP contribution in [0.25, 0.3) is 0 Å². The number of aryl methyl sites for hydroxylation is 2. The van der Waals surface area contributed by atoms with Crippen molar-refractivity contribution in [1.82, 2.24) is 5.32 Å². The summed E-state index contributed by atoms with van der Waals surface area (Å²) in [6.07, 6.45) is 0.996. The van der Waals surface area contributed by atoms with Gasteiger partial charge in [-0.3, -0.25) is 4.79 Å². The summed E-state index contributed by atoms with van der Waals surface area (Å²) < 4.78 is 0. The lowest BCUT2D eigenvalue weighted by Gasteiger charge is -2.25. The van der Waals surface area contributed by atoms with Gasteiger partial charge >= 0.3 is 0 Å². The predicted molar refractivity (Wildman–Crippen MR) is 85.8 cm³/mol. The normalized spacial score (nSPS) is 17.6. The fourth-order valence-electron chi connectivity index (χ4n) is 2.58. The third-order valence-corrected chi connectivity index (χ3v) is 5.64. The number of nitrogens with one attached hydrogen (secondary N) is 1. The molecule has 1 aromatic carbocycles. The summed E-state index contributed by atoms with van der Waals surface area (Å²) in [5.41, 5.74) is 2.07. The Kier molecular flexibility index (Phi) is 3.85. The first kappa shape index (κ1) is 13.7. The van der Waals surface area contributed by atoms with E-state index in [0.29, 0.717) is 0 Å². The van der Waals surface area contributed by atoms with Crippen LogP contribution in [0, 0.1) is 13.8 Å². The topological polar surface area (TPSA) is 29.1 Å². The number of carbonyl (C=O) groups excluding carboxylic acids is 1. The molecule has 0 unspecified atom stereocenters. The van der Waals surface area contributed by atoms with Gasteiger partial charge in [0.1, 0.15) is 0 Å². The van der Waals surface area contributed by atoms with Crippen molar-refractivity contribution >= 4 is 29.0 Å². The molecule has 2 heterocycles. The minimum Gasteiger partial charge on any atom is -0.345 e. The van der Waals surface area contributed by atoms with Gasteiger partial charge in [0.05, 0.1) is 11.6 Å². The molecule has 0 fully saturated rings. The first-order chi connectivity index (χ1) is 9.65. The lowest BCUT2D eigenvalue weighted by atomic mass is 10.0. The molecule has 1 N–H and O–H groups in total. The van der Waals surface area contributed by atoms with Crippen molar-refractivity contribution in [2.24, 2.45) is 0 Å². The molecule has 0 spiro atoms. The van der Waals surface area contributed by atoms with Crippen molar-refractivity contribution < 1.29 is 4.79 Å². The lowest BCUT2D eigenvalue weighted by molar-refractivity contribution is 0.0935. The molecule has 2 nitrogen and oxygen atoms in total. The predicted octanol–water partition coefficient (Wildman–Crippen LogP) is 4.33. The molecule has 0 saturated carbocycles. The van der Waals surface area contributed by atoms with Gasteiger partial charge in [0.15, 0.2) is 0 Å². The number of thioether (sulfide) groups is 1. The maximum Gasteiger partial charge on any atom is 0.252 e. The highest BCUT2D eigenvalue weighted by Gasteiger charge is 2.23. The molecule has 1 aromatic heterocycles. The number of rotatable bonds is 2. The number of hydrogen-bond acceptors (Lipinski definition) is 3. The Bertz CT molecular complexity index is 648. The highest BCUT2D eigenvalue weighted by Crippen LogP contribution is 2.36. The summed E-state index contributed by atoms with van der Waals surface area (Å²) in [5.74, 6) is 1.11. The van der Waals surface area contributed by atoms with Crippen molar-refractivity contribution in [2.75, 3.05) is 5.75 Å². The van der Waals surface area contributed by atoms with Crippen LogP contribution >= 0.6 is 23.1 Å². The number of carbonyl (C=O) groups is 1. The molecule has 104 valence electrons. The second-order valence-electron chi connectivity index (χ2n) is 5.03. The summed E-state index contributed by atoms with van der Waals surface area (Å²) in [6.45, 7) is 4.05. The summed E-state index contributed by atoms with van der Waals surface area (Å²) in [4.78, 5) is 16.0. The molecule has 3 rings (SSSR count). The van der Waals surface area contributed by atoms with Gasteiger partial charge < -0.3 is 5.32 Å². The van der Waals surface area contributed by atoms with Crippen molar-refractivity contribution in [3.63, 3.8) is 0 Å². The minimum atomic E-state index is 0.0542. The Morgan fingerprint density at radius 1 is 1.30 bits per heavy atom. The maximum absolute atomic E-state index is 12.4. The van der Waals surface area contributed by atoms with Crippen LogP contribution in [0.1, 0.15) is 38.1 Å². The van der Waals surface area contributed by atoms with E-state index >= 15 is 0 Å². The smallest absolute Gasteiger partial charge is 0.252 e. The van der Waals surface area contributed by atoms with Crippen LogP contribution in [-0.4, -0.2) is 11.7 Å². The van der Waals surface area contributed by atoms with Gasteiger partial charge in [-0.1, -0.05) is 18.2 Å². The SMILES string of the molecule is Cc1cc(C(=O)N[C@H]2CCSc3ccccc32)c(C)s1. The molecule has 1 atom stereocenters. The maximum atomic E-state index is 12.4. The zero-order valence-corrected chi connectivity index (χ0v) is 13.2. The number of amides is 1. The zero-order valence-electron chi connectivity index (χ0n) is 11.6. The summed E-state index contributed by atoms with van der Waals surface area (Å²) in [5, 5.41) is 3.20. The molecule has 2 aromatic rings. The molecule has 0 aliphatic carbocycles. The number of benzene rings is 1. The zero-order chi connectivity index (χ0) is 14.1. The van der Waals surface area contributed by atoms with Crippen LogP contribution in [0.2, 0.25) is 0 Å². The van der Waals surface area contributed by atoms with E-state index in [0.717, 1.165) is 22.6 Å². The quantitative estimate of drug-likeness (QED) is 0.894. The van der Waals surface area contributed by atoms with Crippen molar-refractivity contribution in [3.05, 3.63) is 51.2 Å². The first-order valence-electron chi connectivity index (χ1n) is 6.75. The molecule has 0 saturated heterocycles. The Labute approximate surface area is 127 Å². The van der Waals surface area contributed by atoms with E-state index in [4.69, 9.17) is 0 Å². The highest BCUT2D eigenvalue weighted by molar-refractivity contribution is 7.99. The summed E-state index contributed by atoms with van der Waals surface area (Å²) >= 11 is 3.55. The Hall–Kier alpha value is -1.26. The van der Waals surface area contributed by atoms with E-state index in [1.54, 1.807) is 11.3 Å². The van der Waals surface area contributed by atoms with Gasteiger partial charge in [-0.2, -0.15) is 0 Å². The van der Waals surface area contributed by atoms with E-state index < -0.39 is 0 Å². The van der Waals surface area contributed by atoms with Gasteiger partial charge in [0.25, 0.3) is 5.91 Å². The fourth-order valence-corrected chi connectivity index (χ4v) is 4.63. The Morgan fingerprint density at radius 3 is 2.85 bits per heavy atom. The van der Waals surface area contributed by atoms with Crippen LogP contribution in [0.15, 0.2) is 35.2 Å². The number of fused-ring (bicyclic) bond motifs is 1. The van der Waals surface area contributed by atoms with Gasteiger partial charge in [0, 0.05) is 20.4 Å². The van der Waals surface area contributed by atoms with Gasteiger partial charge in [-0.15, -0.1) is 23.1 Å². The van der Waals surface area contributed by atoms with Gasteiger partial charge in [-0.05, 0) is 38.0 Å². The summed E-state index contributed by atoms with van der Waals surface area (Å²) in [7, 11) is 0. The van der Waals surface area contributed by atoms with Crippen LogP contribution < -0.4 is 5.32 Å². The number of thiophene rings is 1. The second kappa shape index (κ2) is 5.62. The standard InChI is InChI=1S/C16H17NOS2/c1-10-9-13(11(2)20-10)16(18)17-14-7-8-19-15-6-4-3-5-12(14)15/h3-6,9,14H,7-8H2,1-2H3,(H,17,18)/t14-/m0/s1. The van der Waals surface area contributed by atoms with E-state index in [-0.39, 0.29) is 11.9 Å². The highest BCUT2D eigenvalue weighted by atomic mass is 32.2. The molecule has 20 heavy (non-hydrogen) atoms. The third kappa shape index (κ3) is 2.63. The largest absolute Gasteiger partial charge is 0.345 e. The monoisotopic (exact) mass is 303 g/mol. The molecule has 0 radical (unpaired) electrons. The Morgan fingerprint density at radius 2 is 2.10 bits per heavy atom. The Balaban J connectivity index is 1.82. The molecule has 1 aliphatic rings. The van der Waals surface area contributed by atoms with Crippen LogP contribution in [0.3, 0.4) is 0 Å². The van der Waals surface area contributed by atoms with Crippen molar-refractivity contribution in [1.29, 1.82) is 0 Å². The van der Waals surface area contributed by atoms with Crippen molar-refractivity contribution in [3.8, 4) is 0 Å². The first-order valence-corrected chi connectivity index (χ1v) is 8.55. The average molecular weight is 303 g/mol. The molecule has 0 bridgehead atoms. The molecular weight excluding hydrogens is 286 g/mol. The van der Waals surface area contributed by atoms with Crippen LogP contribution in [0.5, 0.6) is 0 Å². The second-order valence-corrected chi connectivity index (χ2v) is 7.63. The van der Waals surface area contributed by atoms with E-state index in [2.05, 4.69) is 23.5 Å².